The first-order valence-corrected chi connectivity index (χ1v) is 6.28. The highest BCUT2D eigenvalue weighted by Gasteiger charge is 2.08. The predicted molar refractivity (Wildman–Crippen MR) is 65.3 cm³/mol. The molecule has 1 unspecified atom stereocenters. The first-order valence-electron chi connectivity index (χ1n) is 4.67. The Bertz CT molecular complexity index is 473. The van der Waals surface area contributed by atoms with Gasteiger partial charge in [0.05, 0.1) is 6.10 Å². The molecule has 0 spiro atoms. The highest BCUT2D eigenvalue weighted by atomic mass is 79.9. The van der Waals surface area contributed by atoms with Crippen LogP contribution in [0.5, 0.6) is 0 Å². The molecular weight excluding hydrogens is 290 g/mol. The Hall–Kier alpha value is -0.850. The second kappa shape index (κ2) is 4.99. The van der Waals surface area contributed by atoms with Gasteiger partial charge in [-0.3, -0.25) is 5.10 Å². The molecule has 84 valence electrons. The third-order valence-corrected chi connectivity index (χ3v) is 3.60. The maximum atomic E-state index is 9.49. The summed E-state index contributed by atoms with van der Waals surface area (Å²) in [6, 6.07) is 5.79. The number of halogens is 1. The van der Waals surface area contributed by atoms with E-state index in [0.717, 1.165) is 20.1 Å². The van der Waals surface area contributed by atoms with Crippen molar-refractivity contribution >= 4 is 27.7 Å². The molecule has 0 radical (unpaired) electrons. The second-order valence-electron chi connectivity index (χ2n) is 3.25. The van der Waals surface area contributed by atoms with Gasteiger partial charge in [0, 0.05) is 9.37 Å². The van der Waals surface area contributed by atoms with Gasteiger partial charge in [0.15, 0.2) is 5.16 Å². The number of hydrogen-bond acceptors (Lipinski definition) is 4. The predicted octanol–water partition coefficient (Wildman–Crippen LogP) is 2.77. The normalized spacial score (nSPS) is 12.7. The zero-order valence-corrected chi connectivity index (χ0v) is 10.9. The van der Waals surface area contributed by atoms with E-state index in [9.17, 15) is 5.11 Å². The zero-order valence-electron chi connectivity index (χ0n) is 8.51. The molecule has 1 aromatic heterocycles. The largest absolute Gasteiger partial charge is 0.389 e. The van der Waals surface area contributed by atoms with Crippen molar-refractivity contribution in [3.05, 3.63) is 34.6 Å². The fraction of sp³-hybridized carbons (Fsp3) is 0.200. The molecule has 0 saturated heterocycles. The number of hydrogen-bond donors (Lipinski definition) is 2. The van der Waals surface area contributed by atoms with Gasteiger partial charge in [-0.25, -0.2) is 4.98 Å². The molecule has 0 aliphatic rings. The van der Waals surface area contributed by atoms with Gasteiger partial charge >= 0.3 is 0 Å². The number of aromatic nitrogens is 3. The van der Waals surface area contributed by atoms with Gasteiger partial charge in [-0.15, -0.1) is 0 Å². The van der Waals surface area contributed by atoms with Crippen LogP contribution in [0.25, 0.3) is 0 Å². The summed E-state index contributed by atoms with van der Waals surface area (Å²) in [7, 11) is 0. The van der Waals surface area contributed by atoms with Crippen molar-refractivity contribution in [1.29, 1.82) is 0 Å². The Morgan fingerprint density at radius 3 is 2.88 bits per heavy atom. The first-order chi connectivity index (χ1) is 7.66. The molecule has 0 bridgehead atoms. The lowest BCUT2D eigenvalue weighted by Gasteiger charge is -2.08. The summed E-state index contributed by atoms with van der Waals surface area (Å²) in [6.45, 7) is 1.74. The standard InChI is InChI=1S/C10H10BrN3OS/c1-6(15)8-3-2-7(4-9(8)11)16-10-12-5-13-14-10/h2-6,15H,1H3,(H,12,13,14). The Labute approximate surface area is 106 Å². The number of H-pyrrole nitrogens is 1. The lowest BCUT2D eigenvalue weighted by Crippen LogP contribution is -1.92. The fourth-order valence-electron chi connectivity index (χ4n) is 1.27. The maximum absolute atomic E-state index is 9.49. The molecule has 0 amide bonds. The van der Waals surface area contributed by atoms with Crippen LogP contribution in [0.4, 0.5) is 0 Å². The van der Waals surface area contributed by atoms with Crippen LogP contribution in [0.3, 0.4) is 0 Å². The topological polar surface area (TPSA) is 61.8 Å². The number of aliphatic hydroxyl groups is 1. The quantitative estimate of drug-likeness (QED) is 0.915. The molecular formula is C10H10BrN3OS. The number of rotatable bonds is 3. The van der Waals surface area contributed by atoms with Crippen LogP contribution in [-0.2, 0) is 0 Å². The van der Waals surface area contributed by atoms with Crippen LogP contribution in [0, 0.1) is 0 Å². The van der Waals surface area contributed by atoms with E-state index in [4.69, 9.17) is 0 Å². The Morgan fingerprint density at radius 1 is 1.50 bits per heavy atom. The van der Waals surface area contributed by atoms with Gasteiger partial charge in [0.2, 0.25) is 0 Å². The van der Waals surface area contributed by atoms with Crippen molar-refractivity contribution in [2.75, 3.05) is 0 Å². The van der Waals surface area contributed by atoms with Gasteiger partial charge in [0.1, 0.15) is 6.33 Å². The smallest absolute Gasteiger partial charge is 0.188 e. The highest BCUT2D eigenvalue weighted by Crippen LogP contribution is 2.31. The zero-order chi connectivity index (χ0) is 11.5. The molecule has 0 fully saturated rings. The van der Waals surface area contributed by atoms with Crippen LogP contribution in [-0.4, -0.2) is 20.3 Å². The van der Waals surface area contributed by atoms with Gasteiger partial charge < -0.3 is 5.11 Å². The lowest BCUT2D eigenvalue weighted by molar-refractivity contribution is 0.198. The molecule has 2 aromatic rings. The molecule has 2 rings (SSSR count). The SMILES string of the molecule is CC(O)c1ccc(Sc2ncn[nH]2)cc1Br. The third kappa shape index (κ3) is 2.63. The number of aromatic amines is 1. The summed E-state index contributed by atoms with van der Waals surface area (Å²) >= 11 is 4.92. The molecule has 2 N–H and O–H groups in total. The molecule has 0 saturated carbocycles. The van der Waals surface area contributed by atoms with E-state index in [-0.39, 0.29) is 0 Å². The summed E-state index contributed by atoms with van der Waals surface area (Å²) in [4.78, 5) is 5.07. The van der Waals surface area contributed by atoms with Crippen molar-refractivity contribution < 1.29 is 5.11 Å². The second-order valence-corrected chi connectivity index (χ2v) is 5.17. The molecule has 1 aromatic carbocycles. The van der Waals surface area contributed by atoms with Crippen molar-refractivity contribution in [1.82, 2.24) is 15.2 Å². The first kappa shape index (κ1) is 11.6. The molecule has 4 nitrogen and oxygen atoms in total. The van der Waals surface area contributed by atoms with Crippen molar-refractivity contribution in [2.24, 2.45) is 0 Å². The summed E-state index contributed by atoms with van der Waals surface area (Å²) in [6.07, 6.45) is 1.00. The highest BCUT2D eigenvalue weighted by molar-refractivity contribution is 9.10. The minimum atomic E-state index is -0.473. The van der Waals surface area contributed by atoms with Crippen molar-refractivity contribution in [3.8, 4) is 0 Å². The molecule has 6 heteroatoms. The lowest BCUT2D eigenvalue weighted by atomic mass is 10.1. The van der Waals surface area contributed by atoms with Crippen LogP contribution in [0.15, 0.2) is 39.1 Å². The summed E-state index contributed by atoms with van der Waals surface area (Å²) < 4.78 is 0.895. The van der Waals surface area contributed by atoms with Crippen LogP contribution in [0.2, 0.25) is 0 Å². The van der Waals surface area contributed by atoms with E-state index in [1.54, 1.807) is 6.92 Å². The Balaban J connectivity index is 2.21. The molecule has 16 heavy (non-hydrogen) atoms. The van der Waals surface area contributed by atoms with E-state index in [0.29, 0.717) is 0 Å². The van der Waals surface area contributed by atoms with Crippen LogP contribution in [0.1, 0.15) is 18.6 Å². The van der Waals surface area contributed by atoms with Crippen LogP contribution >= 0.6 is 27.7 Å². The Morgan fingerprint density at radius 2 is 2.31 bits per heavy atom. The maximum Gasteiger partial charge on any atom is 0.188 e. The number of nitrogens with one attached hydrogen (secondary N) is 1. The van der Waals surface area contributed by atoms with Gasteiger partial charge in [-0.2, -0.15) is 5.10 Å². The van der Waals surface area contributed by atoms with Crippen molar-refractivity contribution in [3.63, 3.8) is 0 Å². The molecule has 1 atom stereocenters. The van der Waals surface area contributed by atoms with E-state index in [1.165, 1.54) is 18.1 Å². The van der Waals surface area contributed by atoms with E-state index in [2.05, 4.69) is 31.1 Å². The van der Waals surface area contributed by atoms with E-state index >= 15 is 0 Å². The Kier molecular flexibility index (Phi) is 3.63. The van der Waals surface area contributed by atoms with E-state index in [1.807, 2.05) is 18.2 Å². The molecule has 1 heterocycles. The number of benzene rings is 1. The third-order valence-electron chi connectivity index (χ3n) is 2.03. The fourth-order valence-corrected chi connectivity index (χ4v) is 2.86. The van der Waals surface area contributed by atoms with Crippen LogP contribution < -0.4 is 0 Å². The minimum Gasteiger partial charge on any atom is -0.389 e. The molecule has 0 aliphatic carbocycles. The molecule has 0 aliphatic heterocycles. The summed E-state index contributed by atoms with van der Waals surface area (Å²) in [5.41, 5.74) is 0.877. The number of aliphatic hydroxyl groups excluding tert-OH is 1. The summed E-state index contributed by atoms with van der Waals surface area (Å²) in [5.74, 6) is 0. The average molecular weight is 300 g/mol. The van der Waals surface area contributed by atoms with Crippen molar-refractivity contribution in [2.45, 2.75) is 23.1 Å². The van der Waals surface area contributed by atoms with E-state index < -0.39 is 6.10 Å². The van der Waals surface area contributed by atoms with Gasteiger partial charge in [-0.05, 0) is 24.6 Å². The van der Waals surface area contributed by atoms with Gasteiger partial charge in [0.25, 0.3) is 0 Å². The minimum absolute atomic E-state index is 0.473. The average Bonchev–Trinajstić information content (AvgIpc) is 2.70. The summed E-state index contributed by atoms with van der Waals surface area (Å²) in [5, 5.41) is 16.8. The van der Waals surface area contributed by atoms with Gasteiger partial charge in [-0.1, -0.05) is 33.8 Å². The number of nitrogens with zero attached hydrogens (tertiary/aromatic N) is 2. The monoisotopic (exact) mass is 299 g/mol.